The summed E-state index contributed by atoms with van der Waals surface area (Å²) >= 11 is 1.29. The second-order valence-electron chi connectivity index (χ2n) is 5.36. The summed E-state index contributed by atoms with van der Waals surface area (Å²) in [5.74, 6) is -0.640. The zero-order valence-electron chi connectivity index (χ0n) is 13.1. The fraction of sp³-hybridized carbons (Fsp3) is 0.312. The SMILES string of the molecule is COc1ccccc1Nc1nc(C(=O)N2CCCC2C(=O)O)cs1. The Labute approximate surface area is 142 Å². The summed E-state index contributed by atoms with van der Waals surface area (Å²) < 4.78 is 5.27. The lowest BCUT2D eigenvalue weighted by Gasteiger charge is -2.20. The zero-order chi connectivity index (χ0) is 17.1. The molecule has 1 aliphatic heterocycles. The third kappa shape index (κ3) is 3.18. The van der Waals surface area contributed by atoms with Crippen molar-refractivity contribution in [2.45, 2.75) is 18.9 Å². The molecule has 3 rings (SSSR count). The summed E-state index contributed by atoms with van der Waals surface area (Å²) in [5.41, 5.74) is 1.00. The van der Waals surface area contributed by atoms with Gasteiger partial charge >= 0.3 is 5.97 Å². The van der Waals surface area contributed by atoms with Crippen molar-refractivity contribution in [1.82, 2.24) is 9.88 Å². The first kappa shape index (κ1) is 16.3. The number of nitrogens with one attached hydrogen (secondary N) is 1. The zero-order valence-corrected chi connectivity index (χ0v) is 13.9. The molecule has 0 aliphatic carbocycles. The van der Waals surface area contributed by atoms with E-state index in [0.717, 1.165) is 5.69 Å². The number of hydrogen-bond acceptors (Lipinski definition) is 6. The van der Waals surface area contributed by atoms with Crippen LogP contribution in [0.3, 0.4) is 0 Å². The van der Waals surface area contributed by atoms with Crippen LogP contribution in [0.4, 0.5) is 10.8 Å². The number of para-hydroxylation sites is 2. The Kier molecular flexibility index (Phi) is 4.66. The molecule has 1 atom stereocenters. The molecule has 1 aromatic carbocycles. The number of carbonyl (C=O) groups is 2. The molecule has 0 radical (unpaired) electrons. The van der Waals surface area contributed by atoms with Crippen molar-refractivity contribution in [1.29, 1.82) is 0 Å². The van der Waals surface area contributed by atoms with Crippen molar-refractivity contribution in [2.24, 2.45) is 0 Å². The number of nitrogens with zero attached hydrogens (tertiary/aromatic N) is 2. The average Bonchev–Trinajstić information content (AvgIpc) is 3.24. The van der Waals surface area contributed by atoms with Crippen LogP contribution in [0.15, 0.2) is 29.6 Å². The van der Waals surface area contributed by atoms with Crippen molar-refractivity contribution in [3.63, 3.8) is 0 Å². The molecule has 126 valence electrons. The molecular weight excluding hydrogens is 330 g/mol. The minimum atomic E-state index is -0.969. The number of carbonyl (C=O) groups excluding carboxylic acids is 1. The summed E-state index contributed by atoms with van der Waals surface area (Å²) in [5, 5.41) is 14.5. The maximum Gasteiger partial charge on any atom is 0.326 e. The molecule has 8 heteroatoms. The largest absolute Gasteiger partial charge is 0.495 e. The molecule has 1 fully saturated rings. The predicted octanol–water partition coefficient (Wildman–Crippen LogP) is 2.58. The van der Waals surface area contributed by atoms with Gasteiger partial charge in [0.1, 0.15) is 17.5 Å². The van der Waals surface area contributed by atoms with Crippen molar-refractivity contribution in [3.8, 4) is 5.75 Å². The molecule has 1 saturated heterocycles. The van der Waals surface area contributed by atoms with E-state index in [1.54, 1.807) is 12.5 Å². The lowest BCUT2D eigenvalue weighted by Crippen LogP contribution is -2.40. The number of benzene rings is 1. The van der Waals surface area contributed by atoms with Crippen LogP contribution < -0.4 is 10.1 Å². The standard InChI is InChI=1S/C16H17N3O4S/c1-23-13-7-3-2-5-10(13)17-16-18-11(9-24-16)14(20)19-8-4-6-12(19)15(21)22/h2-3,5,7,9,12H,4,6,8H2,1H3,(H,17,18)(H,21,22). The molecule has 0 spiro atoms. The monoisotopic (exact) mass is 347 g/mol. The minimum Gasteiger partial charge on any atom is -0.495 e. The van der Waals surface area contributed by atoms with Gasteiger partial charge in [-0.3, -0.25) is 4.79 Å². The second-order valence-corrected chi connectivity index (χ2v) is 6.22. The normalized spacial score (nSPS) is 16.9. The lowest BCUT2D eigenvalue weighted by molar-refractivity contribution is -0.141. The number of carboxylic acid groups (broad SMARTS) is 1. The van der Waals surface area contributed by atoms with Crippen LogP contribution in [0, 0.1) is 0 Å². The molecule has 1 amide bonds. The van der Waals surface area contributed by atoms with Crippen LogP contribution in [-0.2, 0) is 4.79 Å². The number of anilines is 2. The Morgan fingerprint density at radius 2 is 2.21 bits per heavy atom. The maximum absolute atomic E-state index is 12.5. The number of likely N-dealkylation sites (tertiary alicyclic amines) is 1. The highest BCUT2D eigenvalue weighted by atomic mass is 32.1. The van der Waals surface area contributed by atoms with Crippen molar-refractivity contribution >= 4 is 34.0 Å². The van der Waals surface area contributed by atoms with E-state index in [4.69, 9.17) is 4.74 Å². The fourth-order valence-electron chi connectivity index (χ4n) is 2.71. The van der Waals surface area contributed by atoms with Gasteiger partial charge in [0.2, 0.25) is 0 Å². The van der Waals surface area contributed by atoms with Gasteiger partial charge in [0, 0.05) is 11.9 Å². The predicted molar refractivity (Wildman–Crippen MR) is 90.1 cm³/mol. The van der Waals surface area contributed by atoms with E-state index < -0.39 is 12.0 Å². The van der Waals surface area contributed by atoms with E-state index in [-0.39, 0.29) is 11.6 Å². The first-order valence-corrected chi connectivity index (χ1v) is 8.37. The molecule has 1 unspecified atom stereocenters. The summed E-state index contributed by atoms with van der Waals surface area (Å²) in [6.45, 7) is 0.447. The van der Waals surface area contributed by atoms with Crippen molar-refractivity contribution < 1.29 is 19.4 Å². The highest BCUT2D eigenvalue weighted by Gasteiger charge is 2.35. The Balaban J connectivity index is 1.76. The molecule has 0 saturated carbocycles. The first-order valence-electron chi connectivity index (χ1n) is 7.49. The number of aliphatic carboxylic acids is 1. The number of aromatic nitrogens is 1. The molecule has 2 aromatic rings. The third-order valence-corrected chi connectivity index (χ3v) is 4.63. The molecule has 2 heterocycles. The van der Waals surface area contributed by atoms with Gasteiger partial charge in [0.15, 0.2) is 5.13 Å². The van der Waals surface area contributed by atoms with Gasteiger partial charge in [0.05, 0.1) is 12.8 Å². The van der Waals surface area contributed by atoms with E-state index in [1.807, 2.05) is 24.3 Å². The Morgan fingerprint density at radius 1 is 1.42 bits per heavy atom. The van der Waals surface area contributed by atoms with Crippen LogP contribution >= 0.6 is 11.3 Å². The van der Waals surface area contributed by atoms with Gasteiger partial charge in [-0.2, -0.15) is 0 Å². The number of carboxylic acids is 1. The summed E-state index contributed by atoms with van der Waals surface area (Å²) in [6.07, 6.45) is 1.18. The smallest absolute Gasteiger partial charge is 0.326 e. The van der Waals surface area contributed by atoms with E-state index in [2.05, 4.69) is 10.3 Å². The quantitative estimate of drug-likeness (QED) is 0.864. The van der Waals surface area contributed by atoms with Crippen LogP contribution in [0.1, 0.15) is 23.3 Å². The van der Waals surface area contributed by atoms with Gasteiger partial charge in [0.25, 0.3) is 5.91 Å². The summed E-state index contributed by atoms with van der Waals surface area (Å²) in [6, 6.07) is 6.64. The Morgan fingerprint density at radius 3 is 2.96 bits per heavy atom. The van der Waals surface area contributed by atoms with Crippen LogP contribution in [0.5, 0.6) is 5.75 Å². The van der Waals surface area contributed by atoms with E-state index in [9.17, 15) is 14.7 Å². The molecule has 7 nitrogen and oxygen atoms in total. The van der Waals surface area contributed by atoms with Gasteiger partial charge in [-0.25, -0.2) is 9.78 Å². The number of methoxy groups -OCH3 is 1. The maximum atomic E-state index is 12.5. The van der Waals surface area contributed by atoms with E-state index >= 15 is 0 Å². The molecule has 2 N–H and O–H groups in total. The van der Waals surface area contributed by atoms with Gasteiger partial charge in [-0.15, -0.1) is 11.3 Å². The van der Waals surface area contributed by atoms with E-state index in [0.29, 0.717) is 30.3 Å². The summed E-state index contributed by atoms with van der Waals surface area (Å²) in [7, 11) is 1.58. The molecular formula is C16H17N3O4S. The van der Waals surface area contributed by atoms with Crippen LogP contribution in [0.2, 0.25) is 0 Å². The second kappa shape index (κ2) is 6.88. The summed E-state index contributed by atoms with van der Waals surface area (Å²) in [4.78, 5) is 29.4. The molecule has 1 aromatic heterocycles. The molecule has 1 aliphatic rings. The Hall–Kier alpha value is -2.61. The van der Waals surface area contributed by atoms with Crippen LogP contribution in [-0.4, -0.2) is 46.6 Å². The van der Waals surface area contributed by atoms with Gasteiger partial charge in [-0.05, 0) is 25.0 Å². The highest BCUT2D eigenvalue weighted by molar-refractivity contribution is 7.14. The molecule has 0 bridgehead atoms. The highest BCUT2D eigenvalue weighted by Crippen LogP contribution is 2.29. The fourth-order valence-corrected chi connectivity index (χ4v) is 3.40. The third-order valence-electron chi connectivity index (χ3n) is 3.87. The number of rotatable bonds is 5. The number of thiazole rings is 1. The molecule has 24 heavy (non-hydrogen) atoms. The lowest BCUT2D eigenvalue weighted by atomic mass is 10.2. The van der Waals surface area contributed by atoms with Gasteiger partial charge < -0.3 is 20.1 Å². The van der Waals surface area contributed by atoms with Crippen LogP contribution in [0.25, 0.3) is 0 Å². The van der Waals surface area contributed by atoms with Crippen molar-refractivity contribution in [3.05, 3.63) is 35.3 Å². The first-order chi connectivity index (χ1) is 11.6. The van der Waals surface area contributed by atoms with Gasteiger partial charge in [-0.1, -0.05) is 12.1 Å². The number of ether oxygens (including phenoxy) is 1. The van der Waals surface area contributed by atoms with Crippen molar-refractivity contribution in [2.75, 3.05) is 19.0 Å². The topological polar surface area (TPSA) is 91.8 Å². The van der Waals surface area contributed by atoms with E-state index in [1.165, 1.54) is 16.2 Å². The Bertz CT molecular complexity index is 761. The minimum absolute atomic E-state index is 0.255. The number of hydrogen-bond donors (Lipinski definition) is 2. The average molecular weight is 347 g/mol. The number of amides is 1.